The zero-order valence-corrected chi connectivity index (χ0v) is 7.77. The molecule has 1 aliphatic heterocycles. The average Bonchev–Trinajstić information content (AvgIpc) is 2.06. The van der Waals surface area contributed by atoms with E-state index in [9.17, 15) is 0 Å². The number of thiocarbonyl (C=S) groups is 1. The Morgan fingerprint density at radius 3 is 3.09 bits per heavy atom. The maximum absolute atomic E-state index is 5.11. The summed E-state index contributed by atoms with van der Waals surface area (Å²) in [6, 6.07) is 0.534. The molecule has 0 spiro atoms. The van der Waals surface area contributed by atoms with Crippen molar-refractivity contribution < 1.29 is 4.74 Å². The summed E-state index contributed by atoms with van der Waals surface area (Å²) in [6.45, 7) is 1.92. The van der Waals surface area contributed by atoms with E-state index in [0.717, 1.165) is 13.2 Å². The number of piperidine rings is 1. The summed E-state index contributed by atoms with van der Waals surface area (Å²) in [5.74, 6) is 0. The van der Waals surface area contributed by atoms with Crippen LogP contribution in [0.15, 0.2) is 0 Å². The topological polar surface area (TPSA) is 12.5 Å². The van der Waals surface area contributed by atoms with Gasteiger partial charge >= 0.3 is 0 Å². The van der Waals surface area contributed by atoms with E-state index in [1.807, 2.05) is 0 Å². The molecule has 3 heteroatoms. The van der Waals surface area contributed by atoms with Crippen LogP contribution in [0.4, 0.5) is 0 Å². The summed E-state index contributed by atoms with van der Waals surface area (Å²) in [5, 5.41) is 0. The normalized spacial score (nSPS) is 25.2. The van der Waals surface area contributed by atoms with Crippen LogP contribution in [0.2, 0.25) is 0 Å². The zero-order valence-electron chi connectivity index (χ0n) is 6.95. The first kappa shape index (κ1) is 8.94. The Morgan fingerprint density at radius 2 is 2.45 bits per heavy atom. The summed E-state index contributed by atoms with van der Waals surface area (Å²) >= 11 is 4.91. The SMILES string of the molecule is COC[C@H]1CCCCN1C=S. The second-order valence-corrected chi connectivity index (χ2v) is 3.16. The van der Waals surface area contributed by atoms with Gasteiger partial charge in [-0.25, -0.2) is 0 Å². The number of hydrogen-bond acceptors (Lipinski definition) is 2. The molecule has 0 aromatic rings. The Morgan fingerprint density at radius 1 is 1.64 bits per heavy atom. The van der Waals surface area contributed by atoms with Gasteiger partial charge < -0.3 is 9.64 Å². The van der Waals surface area contributed by atoms with Crippen LogP contribution < -0.4 is 0 Å². The number of methoxy groups -OCH3 is 1. The molecule has 0 amide bonds. The van der Waals surface area contributed by atoms with Crippen molar-refractivity contribution in [2.24, 2.45) is 0 Å². The molecule has 1 atom stereocenters. The lowest BCUT2D eigenvalue weighted by Crippen LogP contribution is -2.40. The van der Waals surface area contributed by atoms with E-state index in [1.165, 1.54) is 19.3 Å². The molecule has 1 heterocycles. The largest absolute Gasteiger partial charge is 0.383 e. The fourth-order valence-corrected chi connectivity index (χ4v) is 1.81. The van der Waals surface area contributed by atoms with Crippen LogP contribution in [0.25, 0.3) is 0 Å². The van der Waals surface area contributed by atoms with Gasteiger partial charge in [0.05, 0.1) is 18.1 Å². The van der Waals surface area contributed by atoms with Crippen molar-refractivity contribution in [3.63, 3.8) is 0 Å². The second kappa shape index (κ2) is 4.67. The Kier molecular flexibility index (Phi) is 3.80. The van der Waals surface area contributed by atoms with Crippen LogP contribution in [-0.4, -0.2) is 36.7 Å². The predicted octanol–water partition coefficient (Wildman–Crippen LogP) is 1.44. The van der Waals surface area contributed by atoms with Gasteiger partial charge in [-0.3, -0.25) is 0 Å². The Bertz CT molecular complexity index is 127. The molecule has 0 saturated carbocycles. The molecule has 1 aliphatic rings. The van der Waals surface area contributed by atoms with E-state index in [1.54, 1.807) is 12.6 Å². The fraction of sp³-hybridized carbons (Fsp3) is 0.875. The minimum Gasteiger partial charge on any atom is -0.383 e. The van der Waals surface area contributed by atoms with E-state index in [4.69, 9.17) is 17.0 Å². The smallest absolute Gasteiger partial charge is 0.0666 e. The monoisotopic (exact) mass is 173 g/mol. The fourth-order valence-electron chi connectivity index (χ4n) is 1.53. The van der Waals surface area contributed by atoms with Gasteiger partial charge in [-0.05, 0) is 19.3 Å². The van der Waals surface area contributed by atoms with Gasteiger partial charge in [0.25, 0.3) is 0 Å². The van der Waals surface area contributed by atoms with Crippen LogP contribution in [0.3, 0.4) is 0 Å². The lowest BCUT2D eigenvalue weighted by molar-refractivity contribution is 0.110. The molecule has 64 valence electrons. The first-order valence-corrected chi connectivity index (χ1v) is 4.55. The third kappa shape index (κ3) is 2.42. The number of likely N-dealkylation sites (tertiary alicyclic amines) is 1. The number of rotatable bonds is 3. The third-order valence-electron chi connectivity index (χ3n) is 2.17. The molecule has 0 bridgehead atoms. The van der Waals surface area contributed by atoms with E-state index < -0.39 is 0 Å². The van der Waals surface area contributed by atoms with E-state index >= 15 is 0 Å². The molecule has 0 N–H and O–H groups in total. The minimum absolute atomic E-state index is 0.534. The molecule has 1 rings (SSSR count). The van der Waals surface area contributed by atoms with Crippen molar-refractivity contribution in [2.45, 2.75) is 25.3 Å². The number of nitrogens with zero attached hydrogens (tertiary/aromatic N) is 1. The Labute approximate surface area is 73.5 Å². The molecule has 1 fully saturated rings. The molecule has 0 aliphatic carbocycles. The standard InChI is InChI=1S/C8H15NOS/c1-10-6-8-4-2-3-5-9(8)7-11/h7-8H,2-6H2,1H3/t8-/m1/s1. The summed E-state index contributed by atoms with van der Waals surface area (Å²) in [4.78, 5) is 2.21. The quantitative estimate of drug-likeness (QED) is 0.599. The predicted molar refractivity (Wildman–Crippen MR) is 49.9 cm³/mol. The first-order valence-electron chi connectivity index (χ1n) is 4.08. The maximum Gasteiger partial charge on any atom is 0.0666 e. The van der Waals surface area contributed by atoms with Crippen LogP contribution >= 0.6 is 12.2 Å². The zero-order chi connectivity index (χ0) is 8.10. The molecule has 11 heavy (non-hydrogen) atoms. The summed E-state index contributed by atoms with van der Waals surface area (Å²) in [7, 11) is 1.75. The van der Waals surface area contributed by atoms with Crippen LogP contribution in [-0.2, 0) is 4.74 Å². The lowest BCUT2D eigenvalue weighted by atomic mass is 10.0. The van der Waals surface area contributed by atoms with Gasteiger partial charge in [0, 0.05) is 13.7 Å². The highest BCUT2D eigenvalue weighted by molar-refractivity contribution is 7.78. The molecule has 0 aromatic heterocycles. The molecular formula is C8H15NOS. The van der Waals surface area contributed by atoms with Gasteiger partial charge in [-0.15, -0.1) is 0 Å². The molecule has 2 nitrogen and oxygen atoms in total. The second-order valence-electron chi connectivity index (χ2n) is 2.95. The Hall–Kier alpha value is -0.150. The minimum atomic E-state index is 0.534. The molecule has 0 aromatic carbocycles. The third-order valence-corrected chi connectivity index (χ3v) is 2.44. The number of ether oxygens (including phenoxy) is 1. The summed E-state index contributed by atoms with van der Waals surface area (Å²) in [5.41, 5.74) is 1.77. The molecule has 0 radical (unpaired) electrons. The van der Waals surface area contributed by atoms with E-state index in [2.05, 4.69) is 4.90 Å². The highest BCUT2D eigenvalue weighted by Crippen LogP contribution is 2.15. The van der Waals surface area contributed by atoms with E-state index in [-0.39, 0.29) is 0 Å². The highest BCUT2D eigenvalue weighted by atomic mass is 32.1. The van der Waals surface area contributed by atoms with Crippen LogP contribution in [0.1, 0.15) is 19.3 Å². The first-order chi connectivity index (χ1) is 5.38. The molecule has 0 unspecified atom stereocenters. The van der Waals surface area contributed by atoms with Gasteiger partial charge in [-0.1, -0.05) is 12.2 Å². The van der Waals surface area contributed by atoms with E-state index in [0.29, 0.717) is 6.04 Å². The van der Waals surface area contributed by atoms with Crippen LogP contribution in [0.5, 0.6) is 0 Å². The summed E-state index contributed by atoms with van der Waals surface area (Å²) in [6.07, 6.45) is 3.81. The van der Waals surface area contributed by atoms with Crippen molar-refractivity contribution in [3.8, 4) is 0 Å². The van der Waals surface area contributed by atoms with Crippen molar-refractivity contribution in [2.75, 3.05) is 20.3 Å². The van der Waals surface area contributed by atoms with Crippen LogP contribution in [0, 0.1) is 0 Å². The van der Waals surface area contributed by atoms with Gasteiger partial charge in [0.1, 0.15) is 0 Å². The summed E-state index contributed by atoms with van der Waals surface area (Å²) < 4.78 is 5.11. The average molecular weight is 173 g/mol. The van der Waals surface area contributed by atoms with Gasteiger partial charge in [0.2, 0.25) is 0 Å². The van der Waals surface area contributed by atoms with Crippen molar-refractivity contribution in [1.82, 2.24) is 4.90 Å². The van der Waals surface area contributed by atoms with Crippen molar-refractivity contribution >= 4 is 17.7 Å². The van der Waals surface area contributed by atoms with Gasteiger partial charge in [-0.2, -0.15) is 0 Å². The highest BCUT2D eigenvalue weighted by Gasteiger charge is 2.18. The number of hydrogen-bond donors (Lipinski definition) is 0. The van der Waals surface area contributed by atoms with Gasteiger partial charge in [0.15, 0.2) is 0 Å². The Balaban J connectivity index is 2.37. The lowest BCUT2D eigenvalue weighted by Gasteiger charge is -2.33. The molecular weight excluding hydrogens is 158 g/mol. The maximum atomic E-state index is 5.11. The molecule has 1 saturated heterocycles. The van der Waals surface area contributed by atoms with Crippen molar-refractivity contribution in [1.29, 1.82) is 0 Å². The van der Waals surface area contributed by atoms with Crippen molar-refractivity contribution in [3.05, 3.63) is 0 Å².